The molecule has 722 valence electrons. The quantitative estimate of drug-likeness (QED) is 0.0375. The number of nitriles is 4. The predicted molar refractivity (Wildman–Crippen MR) is 522 cm³/mol. The van der Waals surface area contributed by atoms with Gasteiger partial charge in [-0.2, -0.15) is 38.3 Å². The highest BCUT2D eigenvalue weighted by molar-refractivity contribution is 7.90. The van der Waals surface area contributed by atoms with Gasteiger partial charge in [0.2, 0.25) is 46.0 Å². The number of sulfonamides is 4. The standard InChI is InChI=1S/C27H26ClN3O4S.C26H23ClFN3O4S.C24H26ClN3O4S.C23H27ClN4O4S/c1-18-3-6-21(7-4-18)27(32)30-23-9-11-31(12-10-23)36(33,34)26-15-20(17-29)5-8-25(26)35-24-14-19(2)13-22(28)16-24;1-17-11-20(27)15-23(12-17)35-24-6-5-18(16-29)13-25(24)36(33,34)31-9-7-22(8-10-31)30-26(32)19-3-2-4-21(28)14-19;1-16-11-19(25)14-21(12-16)32-22-6-5-17(15-26)13-23(22)33(30,31)28-9-7-20(8-10-28)27-24(29)18-3-2-4-18;1-15(2)26-23(29)27-19-6-8-28(9-7-19)33(30,31)22-12-17(14-25)4-5-21(22)32-20-11-16(3)10-18(24)13-20/h3-8,13-16,23H,9-12H2,1-2H3,(H,30,32);2-6,11-15,22H,7-10H2,1H3,(H,30,32);5-6,11-14,18,20H,2-4,7-10H2,1H3,(H,27,29);4-5,10-13,15,19H,6-9H2,1-3H3,(H2,26,27,29). The van der Waals surface area contributed by atoms with Gasteiger partial charge in [-0.05, 0) is 311 Å². The molecule has 10 aromatic carbocycles. The number of urea groups is 1. The van der Waals surface area contributed by atoms with Crippen molar-refractivity contribution < 1.29 is 76.2 Å². The zero-order valence-electron chi connectivity index (χ0n) is 76.5. The molecule has 0 unspecified atom stereocenters. The maximum Gasteiger partial charge on any atom is 0.315 e. The smallest absolute Gasteiger partial charge is 0.315 e. The Morgan fingerprint density at radius 1 is 0.355 bits per heavy atom. The SMILES string of the molecule is Cc1cc(Cl)cc(Oc2ccc(C#N)cc2S(=O)(=O)N2CCC(NC(=O)C3CCC3)CC2)c1.Cc1cc(Cl)cc(Oc2ccc(C#N)cc2S(=O)(=O)N2CCC(NC(=O)NC(C)C)CC2)c1.Cc1cc(Cl)cc(Oc2ccc(C#N)cc2S(=O)(=O)N2CCC(NC(=O)c3cccc(F)c3)CC2)c1.Cc1ccc(C(=O)NC2CCN(S(=O)(=O)c3cc(C#N)ccc3Oc3cc(C)cc(Cl)c3)CC2)cc1. The molecule has 38 heteroatoms. The van der Waals surface area contributed by atoms with Gasteiger partial charge < -0.3 is 45.5 Å². The van der Waals surface area contributed by atoms with E-state index in [-0.39, 0.29) is 177 Å². The van der Waals surface area contributed by atoms with Gasteiger partial charge in [0.15, 0.2) is 0 Å². The first kappa shape index (κ1) is 105. The van der Waals surface area contributed by atoms with Crippen molar-refractivity contribution in [1.82, 2.24) is 43.8 Å². The number of piperidine rings is 4. The van der Waals surface area contributed by atoms with Gasteiger partial charge in [0.05, 0.1) is 46.5 Å². The average molecular weight is 2030 g/mol. The van der Waals surface area contributed by atoms with E-state index >= 15 is 0 Å². The van der Waals surface area contributed by atoms with E-state index in [4.69, 9.17) is 65.4 Å². The molecule has 4 saturated heterocycles. The number of nitrogens with one attached hydrogen (secondary N) is 5. The topological polar surface area (TPSA) is 410 Å². The van der Waals surface area contributed by atoms with Crippen LogP contribution in [0.5, 0.6) is 46.0 Å². The summed E-state index contributed by atoms with van der Waals surface area (Å²) in [5, 5.41) is 53.8. The predicted octanol–water partition coefficient (Wildman–Crippen LogP) is 18.8. The molecule has 5 N–H and O–H groups in total. The fourth-order valence-corrected chi connectivity index (χ4v) is 23.4. The van der Waals surface area contributed by atoms with Crippen LogP contribution in [0.4, 0.5) is 9.18 Å². The molecule has 0 bridgehead atoms. The van der Waals surface area contributed by atoms with Crippen LogP contribution >= 0.6 is 46.4 Å². The van der Waals surface area contributed by atoms with Crippen molar-refractivity contribution in [2.24, 2.45) is 5.92 Å². The van der Waals surface area contributed by atoms with Gasteiger partial charge in [0.25, 0.3) is 11.8 Å². The minimum absolute atomic E-state index is 0.0135. The van der Waals surface area contributed by atoms with Gasteiger partial charge in [0.1, 0.15) is 71.4 Å². The molecule has 0 aromatic heterocycles. The molecule has 10 aromatic rings. The maximum absolute atomic E-state index is 13.6. The second kappa shape index (κ2) is 46.9. The maximum atomic E-state index is 13.6. The second-order valence-corrected chi connectivity index (χ2v) is 43.7. The third-order valence-electron chi connectivity index (χ3n) is 23.2. The van der Waals surface area contributed by atoms with Crippen LogP contribution in [-0.4, -0.2) is 157 Å². The average Bonchev–Trinajstić information content (AvgIpc) is 0.911. The van der Waals surface area contributed by atoms with Gasteiger partial charge in [-0.3, -0.25) is 14.4 Å². The molecule has 0 atom stereocenters. The molecule has 0 radical (unpaired) electrons. The molecule has 1 aliphatic carbocycles. The number of hydrogen-bond donors (Lipinski definition) is 5. The lowest BCUT2D eigenvalue weighted by Crippen LogP contribution is -2.50. The number of amides is 5. The summed E-state index contributed by atoms with van der Waals surface area (Å²) in [6, 6.07) is 57.5. The molecule has 5 fully saturated rings. The first-order chi connectivity index (χ1) is 65.6. The van der Waals surface area contributed by atoms with E-state index in [1.165, 1.54) is 108 Å². The number of halogens is 5. The summed E-state index contributed by atoms with van der Waals surface area (Å²) in [5.74, 6) is 1.14. The number of carbonyl (C=O) groups is 4. The molecule has 5 aliphatic rings. The van der Waals surface area contributed by atoms with Crippen LogP contribution in [0.1, 0.15) is 155 Å². The zero-order chi connectivity index (χ0) is 99.5. The lowest BCUT2D eigenvalue weighted by atomic mass is 9.84. The van der Waals surface area contributed by atoms with Crippen LogP contribution in [0.25, 0.3) is 0 Å². The molecule has 0 spiro atoms. The van der Waals surface area contributed by atoms with Crippen LogP contribution in [-0.2, 0) is 44.9 Å². The highest BCUT2D eigenvalue weighted by Crippen LogP contribution is 2.41. The fourth-order valence-electron chi connectivity index (χ4n) is 15.9. The Morgan fingerprint density at radius 2 is 0.645 bits per heavy atom. The molecular formula is C100H102Cl4FN13O16S4. The number of nitrogens with zero attached hydrogens (tertiary/aromatic N) is 8. The van der Waals surface area contributed by atoms with Crippen molar-refractivity contribution in [3.05, 3.63) is 281 Å². The van der Waals surface area contributed by atoms with Crippen molar-refractivity contribution >= 4 is 110 Å². The monoisotopic (exact) mass is 2030 g/mol. The Hall–Kier alpha value is -12.2. The van der Waals surface area contributed by atoms with Crippen LogP contribution in [0.3, 0.4) is 0 Å². The number of rotatable bonds is 24. The molecule has 5 amide bonds. The molecule has 4 aliphatic heterocycles. The fraction of sp³-hybridized carbons (Fsp3) is 0.320. The number of benzene rings is 10. The van der Waals surface area contributed by atoms with E-state index < -0.39 is 51.8 Å². The van der Waals surface area contributed by atoms with Crippen molar-refractivity contribution in [3.63, 3.8) is 0 Å². The number of hydrogen-bond acceptors (Lipinski definition) is 20. The summed E-state index contributed by atoms with van der Waals surface area (Å²) in [6.45, 7) is 14.9. The van der Waals surface area contributed by atoms with E-state index in [0.717, 1.165) is 53.1 Å². The first-order valence-corrected chi connectivity index (χ1v) is 51.7. The summed E-state index contributed by atoms with van der Waals surface area (Å²) in [7, 11) is -15.8. The van der Waals surface area contributed by atoms with Gasteiger partial charge in [-0.15, -0.1) is 0 Å². The van der Waals surface area contributed by atoms with Crippen molar-refractivity contribution in [2.75, 3.05) is 52.4 Å². The van der Waals surface area contributed by atoms with E-state index in [9.17, 15) is 78.3 Å². The third-order valence-corrected chi connectivity index (χ3v) is 31.8. The summed E-state index contributed by atoms with van der Waals surface area (Å²) in [4.78, 5) is 48.8. The van der Waals surface area contributed by atoms with E-state index in [0.29, 0.717) is 100 Å². The molecule has 4 heterocycles. The van der Waals surface area contributed by atoms with Crippen LogP contribution in [0.2, 0.25) is 20.1 Å². The van der Waals surface area contributed by atoms with Gasteiger partial charge in [0, 0.05) is 120 Å². The number of aryl methyl sites for hydroxylation is 5. The van der Waals surface area contributed by atoms with Crippen LogP contribution < -0.4 is 45.5 Å². The summed E-state index contributed by atoms with van der Waals surface area (Å²) >= 11 is 24.5. The van der Waals surface area contributed by atoms with E-state index in [1.54, 1.807) is 84.9 Å². The molecule has 138 heavy (non-hydrogen) atoms. The number of carbonyl (C=O) groups excluding carboxylic acids is 4. The molecular weight excluding hydrogens is 1930 g/mol. The highest BCUT2D eigenvalue weighted by atomic mass is 35.5. The molecule has 15 rings (SSSR count). The van der Waals surface area contributed by atoms with Crippen LogP contribution in [0.15, 0.2) is 214 Å². The first-order valence-electron chi connectivity index (χ1n) is 44.4. The Labute approximate surface area is 823 Å². The summed E-state index contributed by atoms with van der Waals surface area (Å²) in [5.41, 5.74) is 6.13. The lowest BCUT2D eigenvalue weighted by molar-refractivity contribution is -0.128. The van der Waals surface area contributed by atoms with E-state index in [2.05, 4.69) is 26.6 Å². The van der Waals surface area contributed by atoms with Gasteiger partial charge in [-0.1, -0.05) is 76.6 Å². The second-order valence-electron chi connectivity index (χ2n) is 34.3. The Bertz CT molecular complexity index is 6790. The minimum atomic E-state index is -4.01. The largest absolute Gasteiger partial charge is 0.456 e. The summed E-state index contributed by atoms with van der Waals surface area (Å²) in [6.07, 6.45) is 6.69. The number of ether oxygens (including phenoxy) is 4. The normalized spacial score (nSPS) is 15.5. The van der Waals surface area contributed by atoms with Gasteiger partial charge in [-0.25, -0.2) is 42.9 Å². The van der Waals surface area contributed by atoms with Crippen molar-refractivity contribution in [3.8, 4) is 70.3 Å². The Kier molecular flexibility index (Phi) is 35.6. The van der Waals surface area contributed by atoms with Crippen molar-refractivity contribution in [1.29, 1.82) is 21.0 Å². The lowest BCUT2D eigenvalue weighted by Gasteiger charge is -2.33. The molecule has 1 saturated carbocycles. The third kappa shape index (κ3) is 28.1. The van der Waals surface area contributed by atoms with Crippen LogP contribution in [0, 0.1) is 91.7 Å². The van der Waals surface area contributed by atoms with Crippen molar-refractivity contribution in [2.45, 2.75) is 169 Å². The highest BCUT2D eigenvalue weighted by Gasteiger charge is 2.39. The Balaban J connectivity index is 0.000000165. The molecule has 29 nitrogen and oxygen atoms in total. The summed E-state index contributed by atoms with van der Waals surface area (Å²) < 4.78 is 151. The zero-order valence-corrected chi connectivity index (χ0v) is 82.8. The minimum Gasteiger partial charge on any atom is -0.456 e. The Morgan fingerprint density at radius 3 is 0.913 bits per heavy atom. The van der Waals surface area contributed by atoms with E-state index in [1.807, 2.05) is 84.9 Å². The van der Waals surface area contributed by atoms with Gasteiger partial charge >= 0.3 is 6.03 Å².